The van der Waals surface area contributed by atoms with Crippen LogP contribution in [0, 0.1) is 5.82 Å². The highest BCUT2D eigenvalue weighted by atomic mass is 19.1. The average molecular weight is 270 g/mol. The molecule has 0 radical (unpaired) electrons. The van der Waals surface area contributed by atoms with Crippen molar-refractivity contribution in [3.05, 3.63) is 29.6 Å². The first-order valence-corrected chi connectivity index (χ1v) is 5.93. The molecule has 1 aromatic carbocycles. The van der Waals surface area contributed by atoms with Crippen LogP contribution in [0.2, 0.25) is 0 Å². The van der Waals surface area contributed by atoms with Crippen LogP contribution in [-0.2, 0) is 6.54 Å². The van der Waals surface area contributed by atoms with Crippen LogP contribution in [0.1, 0.15) is 12.5 Å². The van der Waals surface area contributed by atoms with E-state index in [4.69, 9.17) is 9.84 Å². The molecule has 2 amide bonds. The van der Waals surface area contributed by atoms with E-state index < -0.39 is 5.82 Å². The van der Waals surface area contributed by atoms with Crippen LogP contribution in [0.5, 0.6) is 5.75 Å². The van der Waals surface area contributed by atoms with Crippen LogP contribution in [0.4, 0.5) is 9.18 Å². The number of benzene rings is 1. The van der Waals surface area contributed by atoms with E-state index >= 15 is 0 Å². The second kappa shape index (κ2) is 6.94. The number of aliphatic hydroxyl groups is 1. The molecular formula is C13H19FN2O3. The fourth-order valence-corrected chi connectivity index (χ4v) is 1.47. The summed E-state index contributed by atoms with van der Waals surface area (Å²) in [4.78, 5) is 13.1. The van der Waals surface area contributed by atoms with Crippen molar-refractivity contribution < 1.29 is 19.0 Å². The minimum absolute atomic E-state index is 0.113. The van der Waals surface area contributed by atoms with Crippen LogP contribution < -0.4 is 10.1 Å². The quantitative estimate of drug-likeness (QED) is 0.849. The minimum Gasteiger partial charge on any atom is -0.497 e. The van der Waals surface area contributed by atoms with Gasteiger partial charge in [-0.15, -0.1) is 0 Å². The number of hydrogen-bond acceptors (Lipinski definition) is 3. The standard InChI is InChI=1S/C13H19FN2O3/c1-9(8-17)16(2)13(18)15-7-10-4-11(14)6-12(5-10)19-3/h4-6,9,17H,7-8H2,1-3H3,(H,15,18). The maximum Gasteiger partial charge on any atom is 0.317 e. The molecule has 1 aromatic rings. The lowest BCUT2D eigenvalue weighted by Crippen LogP contribution is -2.43. The normalized spacial score (nSPS) is 11.8. The van der Waals surface area contributed by atoms with Gasteiger partial charge in [0.05, 0.1) is 19.8 Å². The number of carbonyl (C=O) groups is 1. The van der Waals surface area contributed by atoms with Crippen molar-refractivity contribution in [2.24, 2.45) is 0 Å². The van der Waals surface area contributed by atoms with Gasteiger partial charge in [0.15, 0.2) is 0 Å². The van der Waals surface area contributed by atoms with Crippen LogP contribution in [0.15, 0.2) is 18.2 Å². The van der Waals surface area contributed by atoms with Crippen molar-refractivity contribution in [1.82, 2.24) is 10.2 Å². The molecule has 0 saturated carbocycles. The molecule has 0 aliphatic rings. The Balaban J connectivity index is 2.61. The van der Waals surface area contributed by atoms with E-state index in [-0.39, 0.29) is 25.2 Å². The minimum atomic E-state index is -0.416. The van der Waals surface area contributed by atoms with Crippen molar-refractivity contribution in [1.29, 1.82) is 0 Å². The molecule has 0 saturated heterocycles. The predicted octanol–water partition coefficient (Wildman–Crippen LogP) is 1.36. The number of nitrogens with zero attached hydrogens (tertiary/aromatic N) is 1. The highest BCUT2D eigenvalue weighted by Crippen LogP contribution is 2.15. The number of hydrogen-bond donors (Lipinski definition) is 2. The highest BCUT2D eigenvalue weighted by molar-refractivity contribution is 5.74. The van der Waals surface area contributed by atoms with Gasteiger partial charge >= 0.3 is 6.03 Å². The van der Waals surface area contributed by atoms with Crippen molar-refractivity contribution in [3.63, 3.8) is 0 Å². The predicted molar refractivity (Wildman–Crippen MR) is 69.5 cm³/mol. The number of nitrogens with one attached hydrogen (secondary N) is 1. The van der Waals surface area contributed by atoms with E-state index in [0.29, 0.717) is 11.3 Å². The van der Waals surface area contributed by atoms with Crippen LogP contribution in [-0.4, -0.2) is 42.8 Å². The maximum atomic E-state index is 13.2. The van der Waals surface area contributed by atoms with Crippen molar-refractivity contribution in [3.8, 4) is 5.75 Å². The summed E-state index contributed by atoms with van der Waals surface area (Å²) in [6.07, 6.45) is 0. The van der Waals surface area contributed by atoms with Gasteiger partial charge in [-0.3, -0.25) is 0 Å². The van der Waals surface area contributed by atoms with E-state index in [2.05, 4.69) is 5.32 Å². The molecule has 6 heteroatoms. The summed E-state index contributed by atoms with van der Waals surface area (Å²) in [5, 5.41) is 11.6. The second-order valence-electron chi connectivity index (χ2n) is 4.30. The summed E-state index contributed by atoms with van der Waals surface area (Å²) < 4.78 is 18.2. The Kier molecular flexibility index (Phi) is 5.57. The van der Waals surface area contributed by atoms with Gasteiger partial charge in [0, 0.05) is 19.7 Å². The summed E-state index contributed by atoms with van der Waals surface area (Å²) >= 11 is 0. The van der Waals surface area contributed by atoms with E-state index in [1.54, 1.807) is 20.0 Å². The number of ether oxygens (including phenoxy) is 1. The fraction of sp³-hybridized carbons (Fsp3) is 0.462. The Morgan fingerprint density at radius 2 is 2.21 bits per heavy atom. The molecule has 1 unspecified atom stereocenters. The zero-order valence-corrected chi connectivity index (χ0v) is 11.3. The number of amides is 2. The molecule has 0 spiro atoms. The molecule has 106 valence electrons. The third kappa shape index (κ3) is 4.40. The van der Waals surface area contributed by atoms with Gasteiger partial charge in [-0.05, 0) is 24.6 Å². The largest absolute Gasteiger partial charge is 0.497 e. The topological polar surface area (TPSA) is 61.8 Å². The molecule has 0 fully saturated rings. The van der Waals surface area contributed by atoms with Gasteiger partial charge in [0.2, 0.25) is 0 Å². The Hall–Kier alpha value is -1.82. The van der Waals surface area contributed by atoms with Crippen molar-refractivity contribution in [2.45, 2.75) is 19.5 Å². The zero-order valence-electron chi connectivity index (χ0n) is 11.3. The Labute approximate surface area is 112 Å². The zero-order chi connectivity index (χ0) is 14.4. The van der Waals surface area contributed by atoms with E-state index in [1.807, 2.05) is 0 Å². The number of rotatable bonds is 5. The van der Waals surface area contributed by atoms with Crippen molar-refractivity contribution in [2.75, 3.05) is 20.8 Å². The monoisotopic (exact) mass is 270 g/mol. The lowest BCUT2D eigenvalue weighted by atomic mass is 10.2. The molecule has 0 heterocycles. The van der Waals surface area contributed by atoms with Gasteiger partial charge in [0.1, 0.15) is 11.6 Å². The molecule has 19 heavy (non-hydrogen) atoms. The molecule has 2 N–H and O–H groups in total. The summed E-state index contributed by atoms with van der Waals surface area (Å²) in [6, 6.07) is 3.65. The second-order valence-corrected chi connectivity index (χ2v) is 4.30. The van der Waals surface area contributed by atoms with Gasteiger partial charge in [-0.1, -0.05) is 0 Å². The number of urea groups is 1. The molecule has 1 rings (SSSR count). The molecule has 1 atom stereocenters. The lowest BCUT2D eigenvalue weighted by molar-refractivity contribution is 0.157. The summed E-state index contributed by atoms with van der Waals surface area (Å²) in [7, 11) is 3.04. The molecule has 5 nitrogen and oxygen atoms in total. The van der Waals surface area contributed by atoms with E-state index in [0.717, 1.165) is 0 Å². The highest BCUT2D eigenvalue weighted by Gasteiger charge is 2.14. The Morgan fingerprint density at radius 1 is 1.53 bits per heavy atom. The third-order valence-corrected chi connectivity index (χ3v) is 2.86. The smallest absolute Gasteiger partial charge is 0.317 e. The first-order valence-electron chi connectivity index (χ1n) is 5.93. The van der Waals surface area contributed by atoms with Crippen LogP contribution >= 0.6 is 0 Å². The number of methoxy groups -OCH3 is 1. The van der Waals surface area contributed by atoms with Gasteiger partial charge in [-0.2, -0.15) is 0 Å². The average Bonchev–Trinajstić information content (AvgIpc) is 2.42. The first-order chi connectivity index (χ1) is 8.97. The molecular weight excluding hydrogens is 251 g/mol. The number of halogens is 1. The van der Waals surface area contributed by atoms with Gasteiger partial charge < -0.3 is 20.1 Å². The van der Waals surface area contributed by atoms with Gasteiger partial charge in [-0.25, -0.2) is 9.18 Å². The molecule has 0 aromatic heterocycles. The number of aliphatic hydroxyl groups excluding tert-OH is 1. The number of likely N-dealkylation sites (N-methyl/N-ethyl adjacent to an activating group) is 1. The van der Waals surface area contributed by atoms with Crippen molar-refractivity contribution >= 4 is 6.03 Å². The van der Waals surface area contributed by atoms with Gasteiger partial charge in [0.25, 0.3) is 0 Å². The Morgan fingerprint density at radius 3 is 2.79 bits per heavy atom. The molecule has 0 aliphatic heterocycles. The lowest BCUT2D eigenvalue weighted by Gasteiger charge is -2.23. The summed E-state index contributed by atoms with van der Waals surface area (Å²) in [6.45, 7) is 1.80. The fourth-order valence-electron chi connectivity index (χ4n) is 1.47. The summed E-state index contributed by atoms with van der Waals surface area (Å²) in [5.74, 6) is -0.0120. The molecule has 0 bridgehead atoms. The Bertz CT molecular complexity index is 440. The van der Waals surface area contributed by atoms with Crippen LogP contribution in [0.25, 0.3) is 0 Å². The maximum absolute atomic E-state index is 13.2. The van der Waals surface area contributed by atoms with E-state index in [9.17, 15) is 9.18 Å². The number of carbonyl (C=O) groups excluding carboxylic acids is 1. The summed E-state index contributed by atoms with van der Waals surface area (Å²) in [5.41, 5.74) is 0.607. The third-order valence-electron chi connectivity index (χ3n) is 2.86. The van der Waals surface area contributed by atoms with E-state index in [1.165, 1.54) is 24.1 Å². The first kappa shape index (κ1) is 15.2. The molecule has 0 aliphatic carbocycles. The van der Waals surface area contributed by atoms with Crippen LogP contribution in [0.3, 0.4) is 0 Å². The SMILES string of the molecule is COc1cc(F)cc(CNC(=O)N(C)C(C)CO)c1.